The van der Waals surface area contributed by atoms with Gasteiger partial charge in [0, 0.05) is 6.54 Å². The molecule has 402 valence electrons. The summed E-state index contributed by atoms with van der Waals surface area (Å²) in [4.78, 5) is 146. The molecule has 19 N–H and O–H groups in total. The van der Waals surface area contributed by atoms with Gasteiger partial charge in [-0.3, -0.25) is 52.9 Å². The molecular formula is C44H71N13O14S. The number of carbonyl (C=O) groups excluding carboxylic acids is 9. The van der Waals surface area contributed by atoms with Crippen LogP contribution in [0.4, 0.5) is 0 Å². The first-order valence-electron chi connectivity index (χ1n) is 22.8. The standard InChI is InChI=1S/C44H71N13O14S/c1-21(2)16-29(40(67)56-31(19-34(61)62)39(66)51-23(5)36(63)57-35(22(3)4)42(69)54-28(43(70)71)8-7-14-49-44(47)48)55-41(68)30(18-32(46)59)52-33(60)20-50-38(65)27(13-15-72-6)53-37(64)26(45)17-24-9-11-25(58)12-10-24/h9-12,21-23,26-31,35,58H,7-8,13-20,45H2,1-6H3,(H2,46,59)(H,50,65)(H,51,66)(H,52,60)(H,53,64)(H,54,69)(H,55,68)(H,56,67)(H,57,63)(H,61,62)(H,70,71)(H4,47,48,49)/t23-,26-,27-,28-,29-,30-,31-,35-/m0/s1. The van der Waals surface area contributed by atoms with Crippen molar-refractivity contribution in [3.8, 4) is 5.75 Å². The highest BCUT2D eigenvalue weighted by atomic mass is 32.2. The van der Waals surface area contributed by atoms with Crippen LogP contribution in [0.3, 0.4) is 0 Å². The summed E-state index contributed by atoms with van der Waals surface area (Å²) in [5.74, 6) is -12.2. The summed E-state index contributed by atoms with van der Waals surface area (Å²) in [5.41, 5.74) is 22.7. The van der Waals surface area contributed by atoms with Crippen LogP contribution >= 0.6 is 11.8 Å². The third kappa shape index (κ3) is 24.6. The van der Waals surface area contributed by atoms with Crippen molar-refractivity contribution in [2.45, 2.75) is 128 Å². The number of nitrogens with one attached hydrogen (secondary N) is 8. The zero-order valence-electron chi connectivity index (χ0n) is 41.2. The number of hydrogen-bond donors (Lipinski definition) is 15. The predicted octanol–water partition coefficient (Wildman–Crippen LogP) is -4.26. The number of thioether (sulfide) groups is 1. The fourth-order valence-corrected chi connectivity index (χ4v) is 7.03. The summed E-state index contributed by atoms with van der Waals surface area (Å²) >= 11 is 1.38. The van der Waals surface area contributed by atoms with Crippen LogP contribution in [0.2, 0.25) is 0 Å². The quantitative estimate of drug-likeness (QED) is 0.0180. The van der Waals surface area contributed by atoms with E-state index in [1.807, 2.05) is 0 Å². The minimum Gasteiger partial charge on any atom is -0.508 e. The largest absolute Gasteiger partial charge is 0.508 e. The summed E-state index contributed by atoms with van der Waals surface area (Å²) in [7, 11) is 0. The molecule has 0 heterocycles. The molecule has 1 rings (SSSR count). The Morgan fingerprint density at radius 1 is 0.639 bits per heavy atom. The number of hydrogen-bond acceptors (Lipinski definition) is 15. The van der Waals surface area contributed by atoms with E-state index in [4.69, 9.17) is 22.9 Å². The molecule has 9 amide bonds. The number of nitrogens with two attached hydrogens (primary N) is 4. The number of aromatic hydroxyl groups is 1. The third-order valence-electron chi connectivity index (χ3n) is 10.4. The van der Waals surface area contributed by atoms with Gasteiger partial charge in [-0.25, -0.2) is 4.79 Å². The number of guanidine groups is 1. The van der Waals surface area contributed by atoms with Crippen LogP contribution in [-0.4, -0.2) is 160 Å². The molecule has 0 unspecified atom stereocenters. The van der Waals surface area contributed by atoms with E-state index in [2.05, 4.69) is 47.5 Å². The fraction of sp³-hybridized carbons (Fsp3) is 0.591. The van der Waals surface area contributed by atoms with E-state index in [1.165, 1.54) is 30.8 Å². The molecule has 0 aromatic heterocycles. The highest BCUT2D eigenvalue weighted by Gasteiger charge is 2.35. The number of carboxylic acid groups (broad SMARTS) is 2. The summed E-state index contributed by atoms with van der Waals surface area (Å²) in [6.07, 6.45) is 0.232. The van der Waals surface area contributed by atoms with Gasteiger partial charge in [0.05, 0.1) is 25.4 Å². The van der Waals surface area contributed by atoms with Crippen LogP contribution in [0.25, 0.3) is 0 Å². The van der Waals surface area contributed by atoms with E-state index in [-0.39, 0.29) is 56.3 Å². The van der Waals surface area contributed by atoms with Crippen LogP contribution in [-0.2, 0) is 59.2 Å². The number of carboxylic acids is 2. The van der Waals surface area contributed by atoms with Gasteiger partial charge in [-0.2, -0.15) is 11.8 Å². The van der Waals surface area contributed by atoms with Gasteiger partial charge in [-0.15, -0.1) is 0 Å². The van der Waals surface area contributed by atoms with Crippen molar-refractivity contribution in [2.75, 3.05) is 25.1 Å². The second-order valence-electron chi connectivity index (χ2n) is 17.5. The Kier molecular flexibility index (Phi) is 27.8. The average Bonchev–Trinajstić information content (AvgIpc) is 3.28. The molecule has 0 bridgehead atoms. The number of aliphatic imine (C=N–C) groups is 1. The summed E-state index contributed by atoms with van der Waals surface area (Å²) in [6.45, 7) is 7.00. The maximum absolute atomic E-state index is 13.7. The third-order valence-corrected chi connectivity index (χ3v) is 11.0. The minimum atomic E-state index is -1.85. The van der Waals surface area contributed by atoms with Crippen molar-refractivity contribution >= 4 is 82.8 Å². The van der Waals surface area contributed by atoms with E-state index in [0.29, 0.717) is 11.3 Å². The first kappa shape index (κ1) is 62.8. The van der Waals surface area contributed by atoms with E-state index < -0.39 is 139 Å². The van der Waals surface area contributed by atoms with Crippen molar-refractivity contribution in [2.24, 2.45) is 39.8 Å². The Balaban J connectivity index is 3.11. The van der Waals surface area contributed by atoms with Crippen LogP contribution in [0.15, 0.2) is 29.3 Å². The monoisotopic (exact) mass is 1040 g/mol. The Morgan fingerprint density at radius 3 is 1.74 bits per heavy atom. The summed E-state index contributed by atoms with van der Waals surface area (Å²) in [5, 5.41) is 47.7. The van der Waals surface area contributed by atoms with Gasteiger partial charge >= 0.3 is 11.9 Å². The number of carbonyl (C=O) groups is 11. The first-order valence-corrected chi connectivity index (χ1v) is 24.2. The normalized spacial score (nSPS) is 14.3. The number of phenols is 1. The number of amides is 9. The molecule has 8 atom stereocenters. The Labute approximate surface area is 420 Å². The minimum absolute atomic E-state index is 0.0228. The van der Waals surface area contributed by atoms with E-state index in [0.717, 1.165) is 0 Å². The fourth-order valence-electron chi connectivity index (χ4n) is 6.55. The van der Waals surface area contributed by atoms with Crippen LogP contribution in [0, 0.1) is 11.8 Å². The number of primary amides is 1. The van der Waals surface area contributed by atoms with Gasteiger partial charge in [0.1, 0.15) is 48.0 Å². The number of aliphatic carboxylic acids is 2. The molecule has 0 aliphatic rings. The molecule has 0 radical (unpaired) electrons. The molecule has 0 saturated carbocycles. The van der Waals surface area contributed by atoms with Crippen molar-refractivity contribution in [3.63, 3.8) is 0 Å². The van der Waals surface area contributed by atoms with E-state index in [9.17, 15) is 68.1 Å². The molecule has 0 fully saturated rings. The molecule has 0 spiro atoms. The second-order valence-corrected chi connectivity index (χ2v) is 18.5. The molecule has 1 aromatic rings. The molecule has 28 heteroatoms. The van der Waals surface area contributed by atoms with Crippen molar-refractivity contribution in [1.29, 1.82) is 0 Å². The van der Waals surface area contributed by atoms with Gasteiger partial charge in [0.15, 0.2) is 5.96 Å². The van der Waals surface area contributed by atoms with Gasteiger partial charge < -0.3 is 80.8 Å². The number of rotatable bonds is 33. The zero-order chi connectivity index (χ0) is 54.8. The first-order chi connectivity index (χ1) is 33.6. The lowest BCUT2D eigenvalue weighted by molar-refractivity contribution is -0.142. The molecular weight excluding hydrogens is 967 g/mol. The van der Waals surface area contributed by atoms with Gasteiger partial charge in [0.25, 0.3) is 0 Å². The van der Waals surface area contributed by atoms with Gasteiger partial charge in [-0.1, -0.05) is 39.8 Å². The number of benzene rings is 1. The molecule has 27 nitrogen and oxygen atoms in total. The lowest BCUT2D eigenvalue weighted by Crippen LogP contribution is -2.60. The zero-order valence-corrected chi connectivity index (χ0v) is 42.0. The van der Waals surface area contributed by atoms with Crippen molar-refractivity contribution < 1.29 is 68.1 Å². The summed E-state index contributed by atoms with van der Waals surface area (Å²) < 4.78 is 0. The highest BCUT2D eigenvalue weighted by molar-refractivity contribution is 7.98. The molecule has 0 aliphatic carbocycles. The number of nitrogens with zero attached hydrogens (tertiary/aromatic N) is 1. The molecule has 72 heavy (non-hydrogen) atoms. The van der Waals surface area contributed by atoms with Crippen LogP contribution in [0.5, 0.6) is 5.75 Å². The predicted molar refractivity (Wildman–Crippen MR) is 263 cm³/mol. The maximum Gasteiger partial charge on any atom is 0.326 e. The second kappa shape index (κ2) is 31.9. The van der Waals surface area contributed by atoms with Crippen LogP contribution in [0.1, 0.15) is 78.7 Å². The van der Waals surface area contributed by atoms with Gasteiger partial charge in [0.2, 0.25) is 53.2 Å². The van der Waals surface area contributed by atoms with Crippen molar-refractivity contribution in [3.05, 3.63) is 29.8 Å². The Hall–Kier alpha value is -7.23. The smallest absolute Gasteiger partial charge is 0.326 e. The molecule has 0 saturated heterocycles. The topological polar surface area (TPSA) is 461 Å². The molecule has 0 aliphatic heterocycles. The Bertz CT molecular complexity index is 2090. The average molecular weight is 1040 g/mol. The van der Waals surface area contributed by atoms with Crippen molar-refractivity contribution in [1.82, 2.24) is 42.5 Å². The number of phenolic OH excluding ortho intramolecular Hbond substituents is 1. The highest BCUT2D eigenvalue weighted by Crippen LogP contribution is 2.12. The van der Waals surface area contributed by atoms with E-state index in [1.54, 1.807) is 46.1 Å². The maximum atomic E-state index is 13.7. The lowest BCUT2D eigenvalue weighted by atomic mass is 10.0. The lowest BCUT2D eigenvalue weighted by Gasteiger charge is -2.27. The SMILES string of the molecule is CSCC[C@H](NC(=O)[C@@H](N)Cc1ccc(O)cc1)C(=O)NCC(=O)N[C@@H](CC(N)=O)C(=O)N[C@@H](CC(C)C)C(=O)N[C@@H](CC(=O)O)C(=O)N[C@@H](C)C(=O)N[C@H](C(=O)N[C@@H](CCCN=C(N)N)C(=O)O)C(C)C. The summed E-state index contributed by atoms with van der Waals surface area (Å²) in [6, 6.07) is -5.37. The van der Waals surface area contributed by atoms with Gasteiger partial charge in [-0.05, 0) is 80.6 Å². The molecule has 1 aromatic carbocycles. The van der Waals surface area contributed by atoms with E-state index >= 15 is 0 Å². The van der Waals surface area contributed by atoms with Crippen LogP contribution < -0.4 is 65.5 Å². The Morgan fingerprint density at radius 2 is 1.19 bits per heavy atom.